The maximum atomic E-state index is 12.6. The Kier molecular flexibility index (Phi) is 4.95. The molecule has 2 heterocycles. The van der Waals surface area contributed by atoms with Gasteiger partial charge in [0.05, 0.1) is 10.0 Å². The number of sulfonamides is 1. The highest BCUT2D eigenvalue weighted by Crippen LogP contribution is 2.35. The second-order valence-electron chi connectivity index (χ2n) is 4.98. The summed E-state index contributed by atoms with van der Waals surface area (Å²) in [5.74, 6) is 0. The van der Waals surface area contributed by atoms with Crippen LogP contribution in [0.3, 0.4) is 0 Å². The fraction of sp³-hybridized carbons (Fsp3) is 0.0714. The first-order valence-corrected chi connectivity index (χ1v) is 9.83. The van der Waals surface area contributed by atoms with Crippen molar-refractivity contribution in [3.8, 4) is 5.69 Å². The topological polar surface area (TPSA) is 64.0 Å². The summed E-state index contributed by atoms with van der Waals surface area (Å²) in [4.78, 5) is -0.153. The van der Waals surface area contributed by atoms with E-state index in [1.165, 1.54) is 30.3 Å². The van der Waals surface area contributed by atoms with Crippen molar-refractivity contribution in [3.05, 3.63) is 57.0 Å². The third-order valence-corrected chi connectivity index (χ3v) is 6.31. The second kappa shape index (κ2) is 6.76. The van der Waals surface area contributed by atoms with Gasteiger partial charge in [-0.3, -0.25) is 4.72 Å². The molecule has 0 saturated heterocycles. The summed E-state index contributed by atoms with van der Waals surface area (Å²) >= 11 is 12.5. The minimum atomic E-state index is -4.54. The Balaban J connectivity index is 1.82. The molecule has 0 spiro atoms. The van der Waals surface area contributed by atoms with Gasteiger partial charge in [0, 0.05) is 11.9 Å². The zero-order chi connectivity index (χ0) is 19.1. The van der Waals surface area contributed by atoms with Crippen molar-refractivity contribution in [2.24, 2.45) is 0 Å². The maximum absolute atomic E-state index is 12.6. The molecule has 0 bridgehead atoms. The Morgan fingerprint density at radius 2 is 1.77 bits per heavy atom. The van der Waals surface area contributed by atoms with Crippen molar-refractivity contribution >= 4 is 50.2 Å². The molecule has 0 aliphatic carbocycles. The number of nitrogens with one attached hydrogen (secondary N) is 1. The zero-order valence-electron chi connectivity index (χ0n) is 12.5. The number of thiophene rings is 1. The summed E-state index contributed by atoms with van der Waals surface area (Å²) in [6.07, 6.45) is -3.38. The molecular formula is C14H8Cl2F3N3O2S2. The van der Waals surface area contributed by atoms with Gasteiger partial charge in [-0.1, -0.05) is 23.2 Å². The van der Waals surface area contributed by atoms with Crippen LogP contribution < -0.4 is 4.72 Å². The molecule has 1 aromatic carbocycles. The van der Waals surface area contributed by atoms with E-state index >= 15 is 0 Å². The molecule has 0 saturated carbocycles. The SMILES string of the molecule is O=S(=O)(Nc1ccc(-n2ccc(C(F)(F)F)n2)cc1)c1cc(Cl)sc1Cl. The van der Waals surface area contributed by atoms with Gasteiger partial charge < -0.3 is 0 Å². The highest BCUT2D eigenvalue weighted by Gasteiger charge is 2.33. The van der Waals surface area contributed by atoms with Crippen LogP contribution in [0.1, 0.15) is 5.69 Å². The molecule has 26 heavy (non-hydrogen) atoms. The number of halogens is 5. The lowest BCUT2D eigenvalue weighted by atomic mass is 10.3. The molecule has 0 amide bonds. The van der Waals surface area contributed by atoms with Gasteiger partial charge in [0.15, 0.2) is 5.69 Å². The molecule has 2 aromatic heterocycles. The molecule has 3 aromatic rings. The fourth-order valence-electron chi connectivity index (χ4n) is 2.02. The van der Waals surface area contributed by atoms with E-state index < -0.39 is 21.9 Å². The molecular weight excluding hydrogens is 434 g/mol. The van der Waals surface area contributed by atoms with Crippen molar-refractivity contribution in [1.29, 1.82) is 0 Å². The Morgan fingerprint density at radius 3 is 2.27 bits per heavy atom. The predicted molar refractivity (Wildman–Crippen MR) is 93.7 cm³/mol. The van der Waals surface area contributed by atoms with E-state index in [0.29, 0.717) is 5.69 Å². The van der Waals surface area contributed by atoms with Crippen LogP contribution in [0.4, 0.5) is 18.9 Å². The minimum absolute atomic E-state index is 0.0235. The highest BCUT2D eigenvalue weighted by molar-refractivity contribution is 7.93. The van der Waals surface area contributed by atoms with Crippen molar-refractivity contribution in [2.75, 3.05) is 4.72 Å². The van der Waals surface area contributed by atoms with E-state index in [0.717, 1.165) is 28.3 Å². The maximum Gasteiger partial charge on any atom is 0.435 e. The average Bonchev–Trinajstić information content (AvgIpc) is 3.14. The van der Waals surface area contributed by atoms with Crippen molar-refractivity contribution in [2.45, 2.75) is 11.1 Å². The van der Waals surface area contributed by atoms with Crippen LogP contribution in [0.15, 0.2) is 47.5 Å². The number of hydrogen-bond donors (Lipinski definition) is 1. The predicted octanol–water partition coefficient (Wildman–Crippen LogP) is 5.06. The Morgan fingerprint density at radius 1 is 1.12 bits per heavy atom. The molecule has 0 aliphatic heterocycles. The Bertz CT molecular complexity index is 1040. The number of nitrogens with zero attached hydrogens (tertiary/aromatic N) is 2. The molecule has 0 radical (unpaired) electrons. The van der Waals surface area contributed by atoms with Gasteiger partial charge >= 0.3 is 6.18 Å². The standard InChI is InChI=1S/C14H8Cl2F3N3O2S2/c15-12-7-10(13(16)25-12)26(23,24)21-8-1-3-9(4-2-8)22-6-5-11(20-22)14(17,18)19/h1-7,21H. The third kappa shape index (κ3) is 3.98. The van der Waals surface area contributed by atoms with E-state index in [1.807, 2.05) is 0 Å². The second-order valence-corrected chi connectivity index (χ2v) is 8.92. The first-order chi connectivity index (χ1) is 12.1. The van der Waals surface area contributed by atoms with Crippen LogP contribution in [0.25, 0.3) is 5.69 Å². The minimum Gasteiger partial charge on any atom is -0.280 e. The highest BCUT2D eigenvalue weighted by atomic mass is 35.5. The van der Waals surface area contributed by atoms with Crippen LogP contribution >= 0.6 is 34.5 Å². The summed E-state index contributed by atoms with van der Waals surface area (Å²) < 4.78 is 66.0. The normalized spacial score (nSPS) is 12.3. The summed E-state index contributed by atoms with van der Waals surface area (Å²) in [5, 5.41) is 3.44. The lowest BCUT2D eigenvalue weighted by Crippen LogP contribution is -2.12. The average molecular weight is 442 g/mol. The van der Waals surface area contributed by atoms with Gasteiger partial charge in [-0.25, -0.2) is 13.1 Å². The van der Waals surface area contributed by atoms with Gasteiger partial charge in [-0.15, -0.1) is 11.3 Å². The van der Waals surface area contributed by atoms with E-state index in [2.05, 4.69) is 9.82 Å². The summed E-state index contributed by atoms with van der Waals surface area (Å²) in [6, 6.07) is 7.71. The smallest absolute Gasteiger partial charge is 0.280 e. The number of benzene rings is 1. The van der Waals surface area contributed by atoms with Crippen LogP contribution in [-0.4, -0.2) is 18.2 Å². The van der Waals surface area contributed by atoms with Gasteiger partial charge in [0.2, 0.25) is 0 Å². The van der Waals surface area contributed by atoms with Crippen LogP contribution in [0, 0.1) is 0 Å². The molecule has 1 N–H and O–H groups in total. The summed E-state index contributed by atoms with van der Waals surface area (Å²) in [7, 11) is -3.94. The number of anilines is 1. The monoisotopic (exact) mass is 441 g/mol. The third-order valence-electron chi connectivity index (χ3n) is 3.18. The first-order valence-electron chi connectivity index (χ1n) is 6.77. The van der Waals surface area contributed by atoms with Gasteiger partial charge in [0.1, 0.15) is 9.23 Å². The van der Waals surface area contributed by atoms with E-state index in [9.17, 15) is 21.6 Å². The molecule has 12 heteroatoms. The van der Waals surface area contributed by atoms with Crippen molar-refractivity contribution in [3.63, 3.8) is 0 Å². The zero-order valence-corrected chi connectivity index (χ0v) is 15.6. The molecule has 5 nitrogen and oxygen atoms in total. The molecule has 0 atom stereocenters. The fourth-order valence-corrected chi connectivity index (χ4v) is 5.23. The van der Waals surface area contributed by atoms with Gasteiger partial charge in [0.25, 0.3) is 10.0 Å². The molecule has 138 valence electrons. The Labute approximate surface area is 160 Å². The van der Waals surface area contributed by atoms with E-state index in [-0.39, 0.29) is 19.3 Å². The molecule has 0 aliphatic rings. The summed E-state index contributed by atoms with van der Waals surface area (Å²) in [5.41, 5.74) is -0.485. The van der Waals surface area contributed by atoms with Crippen molar-refractivity contribution < 1.29 is 21.6 Å². The van der Waals surface area contributed by atoms with Crippen LogP contribution in [-0.2, 0) is 16.2 Å². The molecule has 0 fully saturated rings. The molecule has 3 rings (SSSR count). The van der Waals surface area contributed by atoms with Crippen LogP contribution in [0.5, 0.6) is 0 Å². The Hall–Kier alpha value is -1.75. The number of hydrogen-bond acceptors (Lipinski definition) is 4. The van der Waals surface area contributed by atoms with E-state index in [1.54, 1.807) is 0 Å². The quantitative estimate of drug-likeness (QED) is 0.615. The molecule has 0 unspecified atom stereocenters. The van der Waals surface area contributed by atoms with Gasteiger partial charge in [-0.05, 0) is 36.4 Å². The largest absolute Gasteiger partial charge is 0.435 e. The van der Waals surface area contributed by atoms with Crippen LogP contribution in [0.2, 0.25) is 8.67 Å². The van der Waals surface area contributed by atoms with Crippen molar-refractivity contribution in [1.82, 2.24) is 9.78 Å². The first kappa shape index (κ1) is 19.0. The lowest BCUT2D eigenvalue weighted by Gasteiger charge is -2.08. The number of alkyl halides is 3. The van der Waals surface area contributed by atoms with Gasteiger partial charge in [-0.2, -0.15) is 18.3 Å². The number of aromatic nitrogens is 2. The number of rotatable bonds is 4. The summed E-state index contributed by atoms with van der Waals surface area (Å²) in [6.45, 7) is 0. The lowest BCUT2D eigenvalue weighted by molar-refractivity contribution is -0.141. The van der Waals surface area contributed by atoms with E-state index in [4.69, 9.17) is 23.2 Å².